The van der Waals surface area contributed by atoms with Crippen LogP contribution in [-0.2, 0) is 9.59 Å². The molecule has 0 saturated carbocycles. The van der Waals surface area contributed by atoms with Gasteiger partial charge in [-0.05, 0) is 38.3 Å². The van der Waals surface area contributed by atoms with Gasteiger partial charge in [-0.2, -0.15) is 0 Å². The summed E-state index contributed by atoms with van der Waals surface area (Å²) in [4.78, 5) is 36.9. The van der Waals surface area contributed by atoms with E-state index in [1.54, 1.807) is 31.2 Å². The van der Waals surface area contributed by atoms with Gasteiger partial charge < -0.3 is 20.6 Å². The van der Waals surface area contributed by atoms with Gasteiger partial charge in [0.2, 0.25) is 5.91 Å². The topological polar surface area (TPSA) is 98.7 Å². The lowest BCUT2D eigenvalue weighted by atomic mass is 10.0. The number of likely N-dealkylation sites (tertiary alicyclic amines) is 1. The second kappa shape index (κ2) is 7.62. The third-order valence-corrected chi connectivity index (χ3v) is 3.82. The van der Waals surface area contributed by atoms with Crippen LogP contribution in [0.15, 0.2) is 30.3 Å². The van der Waals surface area contributed by atoms with Crippen LogP contribution in [-0.4, -0.2) is 46.5 Å². The molecular weight excluding hydrogens is 298 g/mol. The molecule has 2 rings (SSSR count). The van der Waals surface area contributed by atoms with Crippen LogP contribution in [0.4, 0.5) is 10.5 Å². The van der Waals surface area contributed by atoms with Crippen LogP contribution < -0.4 is 10.6 Å². The van der Waals surface area contributed by atoms with Crippen molar-refractivity contribution in [3.05, 3.63) is 30.3 Å². The number of rotatable bonds is 4. The van der Waals surface area contributed by atoms with Gasteiger partial charge >= 0.3 is 12.0 Å². The molecule has 1 aliphatic heterocycles. The van der Waals surface area contributed by atoms with E-state index in [9.17, 15) is 19.5 Å². The third-order valence-electron chi connectivity index (χ3n) is 3.82. The molecule has 1 aromatic rings. The van der Waals surface area contributed by atoms with Crippen LogP contribution >= 0.6 is 0 Å². The lowest BCUT2D eigenvalue weighted by molar-refractivity contribution is -0.152. The summed E-state index contributed by atoms with van der Waals surface area (Å²) in [6.45, 7) is 1.96. The standard InChI is InChI=1S/C16H21N3O4/c1-11(17-16(23)18-12-7-3-2-4-8-12)14(20)19-10-6-5-9-13(19)15(21)22/h2-4,7-8,11,13H,5-6,9-10H2,1H3,(H,21,22)(H2,17,18,23). The number of hydrogen-bond donors (Lipinski definition) is 3. The number of amides is 3. The summed E-state index contributed by atoms with van der Waals surface area (Å²) >= 11 is 0. The molecule has 3 N–H and O–H groups in total. The summed E-state index contributed by atoms with van der Waals surface area (Å²) in [6, 6.07) is 6.77. The molecule has 1 aromatic carbocycles. The first-order valence-corrected chi connectivity index (χ1v) is 7.65. The SMILES string of the molecule is CC(NC(=O)Nc1ccccc1)C(=O)N1CCCCC1C(=O)O. The average Bonchev–Trinajstić information content (AvgIpc) is 2.54. The monoisotopic (exact) mass is 319 g/mol. The van der Waals surface area contributed by atoms with Gasteiger partial charge in [-0.15, -0.1) is 0 Å². The Bertz CT molecular complexity index is 576. The van der Waals surface area contributed by atoms with Gasteiger partial charge in [-0.3, -0.25) is 4.79 Å². The number of carboxylic acid groups (broad SMARTS) is 1. The van der Waals surface area contributed by atoms with E-state index in [1.807, 2.05) is 6.07 Å². The van der Waals surface area contributed by atoms with Crippen LogP contribution in [0.5, 0.6) is 0 Å². The van der Waals surface area contributed by atoms with E-state index in [0.717, 1.165) is 12.8 Å². The highest BCUT2D eigenvalue weighted by molar-refractivity contribution is 5.94. The molecule has 0 bridgehead atoms. The predicted molar refractivity (Wildman–Crippen MR) is 85.0 cm³/mol. The molecule has 1 saturated heterocycles. The molecule has 0 spiro atoms. The van der Waals surface area contributed by atoms with Crippen molar-refractivity contribution < 1.29 is 19.5 Å². The van der Waals surface area contributed by atoms with E-state index in [-0.39, 0.29) is 5.91 Å². The van der Waals surface area contributed by atoms with Crippen molar-refractivity contribution in [2.45, 2.75) is 38.3 Å². The van der Waals surface area contributed by atoms with Gasteiger partial charge in [-0.1, -0.05) is 18.2 Å². The molecule has 2 atom stereocenters. The van der Waals surface area contributed by atoms with Crippen molar-refractivity contribution in [3.63, 3.8) is 0 Å². The van der Waals surface area contributed by atoms with Crippen molar-refractivity contribution in [3.8, 4) is 0 Å². The number of benzene rings is 1. The number of hydrogen-bond acceptors (Lipinski definition) is 3. The summed E-state index contributed by atoms with van der Waals surface area (Å²) < 4.78 is 0. The fraction of sp³-hybridized carbons (Fsp3) is 0.438. The highest BCUT2D eigenvalue weighted by atomic mass is 16.4. The fourth-order valence-electron chi connectivity index (χ4n) is 2.65. The predicted octanol–water partition coefficient (Wildman–Crippen LogP) is 1.66. The van der Waals surface area contributed by atoms with E-state index in [0.29, 0.717) is 18.7 Å². The summed E-state index contributed by atoms with van der Waals surface area (Å²) in [7, 11) is 0. The number of carboxylic acids is 1. The van der Waals surface area contributed by atoms with Crippen molar-refractivity contribution >= 4 is 23.6 Å². The number of aliphatic carboxylic acids is 1. The van der Waals surface area contributed by atoms with Crippen LogP contribution in [0.25, 0.3) is 0 Å². The van der Waals surface area contributed by atoms with Crippen LogP contribution in [0.3, 0.4) is 0 Å². The Morgan fingerprint density at radius 2 is 1.91 bits per heavy atom. The highest BCUT2D eigenvalue weighted by Crippen LogP contribution is 2.18. The highest BCUT2D eigenvalue weighted by Gasteiger charge is 2.34. The van der Waals surface area contributed by atoms with Gasteiger partial charge in [0.15, 0.2) is 0 Å². The largest absolute Gasteiger partial charge is 0.480 e. The van der Waals surface area contributed by atoms with Crippen LogP contribution in [0.2, 0.25) is 0 Å². The minimum atomic E-state index is -1.00. The zero-order chi connectivity index (χ0) is 16.8. The Kier molecular flexibility index (Phi) is 5.56. The molecule has 3 amide bonds. The fourth-order valence-corrected chi connectivity index (χ4v) is 2.65. The zero-order valence-electron chi connectivity index (χ0n) is 13.0. The molecule has 1 fully saturated rings. The van der Waals surface area contributed by atoms with Crippen LogP contribution in [0, 0.1) is 0 Å². The molecule has 0 aromatic heterocycles. The molecule has 1 aliphatic rings. The number of para-hydroxylation sites is 1. The molecular formula is C16H21N3O4. The van der Waals surface area contributed by atoms with Crippen molar-refractivity contribution in [2.75, 3.05) is 11.9 Å². The van der Waals surface area contributed by atoms with E-state index >= 15 is 0 Å². The number of nitrogens with zero attached hydrogens (tertiary/aromatic N) is 1. The van der Waals surface area contributed by atoms with Gasteiger partial charge in [0.25, 0.3) is 0 Å². The second-order valence-corrected chi connectivity index (χ2v) is 5.57. The number of carbonyl (C=O) groups excluding carboxylic acids is 2. The summed E-state index contributed by atoms with van der Waals surface area (Å²) in [6.07, 6.45) is 2.01. The van der Waals surface area contributed by atoms with Gasteiger partial charge in [-0.25, -0.2) is 9.59 Å². The average molecular weight is 319 g/mol. The Balaban J connectivity index is 1.93. The maximum Gasteiger partial charge on any atom is 0.326 e. The summed E-state index contributed by atoms with van der Waals surface area (Å²) in [5.41, 5.74) is 0.617. The zero-order valence-corrected chi connectivity index (χ0v) is 13.0. The molecule has 7 heteroatoms. The van der Waals surface area contributed by atoms with E-state index in [4.69, 9.17) is 0 Å². The Hall–Kier alpha value is -2.57. The normalized spacial score (nSPS) is 18.8. The minimum Gasteiger partial charge on any atom is -0.480 e. The van der Waals surface area contributed by atoms with Gasteiger partial charge in [0.05, 0.1) is 0 Å². The first-order valence-electron chi connectivity index (χ1n) is 7.65. The summed E-state index contributed by atoms with van der Waals surface area (Å²) in [5.74, 6) is -1.38. The number of nitrogens with one attached hydrogen (secondary N) is 2. The van der Waals surface area contributed by atoms with Gasteiger partial charge in [0, 0.05) is 12.2 Å². The number of anilines is 1. The van der Waals surface area contributed by atoms with Crippen molar-refractivity contribution in [1.29, 1.82) is 0 Å². The quantitative estimate of drug-likeness (QED) is 0.786. The molecule has 1 heterocycles. The molecule has 0 aliphatic carbocycles. The van der Waals surface area contributed by atoms with E-state index < -0.39 is 24.1 Å². The lowest BCUT2D eigenvalue weighted by Gasteiger charge is -2.34. The smallest absolute Gasteiger partial charge is 0.326 e. The minimum absolute atomic E-state index is 0.375. The number of piperidine rings is 1. The first-order chi connectivity index (χ1) is 11.0. The maximum absolute atomic E-state index is 12.4. The number of carbonyl (C=O) groups is 3. The molecule has 23 heavy (non-hydrogen) atoms. The Labute approximate surface area is 134 Å². The molecule has 124 valence electrons. The van der Waals surface area contributed by atoms with Crippen LogP contribution in [0.1, 0.15) is 26.2 Å². The maximum atomic E-state index is 12.4. The van der Waals surface area contributed by atoms with Crippen molar-refractivity contribution in [2.24, 2.45) is 0 Å². The Morgan fingerprint density at radius 1 is 1.22 bits per heavy atom. The lowest BCUT2D eigenvalue weighted by Crippen LogP contribution is -2.55. The Morgan fingerprint density at radius 3 is 2.57 bits per heavy atom. The second-order valence-electron chi connectivity index (χ2n) is 5.57. The van der Waals surface area contributed by atoms with Crippen molar-refractivity contribution in [1.82, 2.24) is 10.2 Å². The first kappa shape index (κ1) is 16.8. The molecule has 0 radical (unpaired) electrons. The summed E-state index contributed by atoms with van der Waals surface area (Å²) in [5, 5.41) is 14.4. The van der Waals surface area contributed by atoms with Gasteiger partial charge in [0.1, 0.15) is 12.1 Å². The number of urea groups is 1. The van der Waals surface area contributed by atoms with E-state index in [1.165, 1.54) is 4.90 Å². The van der Waals surface area contributed by atoms with E-state index in [2.05, 4.69) is 10.6 Å². The molecule has 7 nitrogen and oxygen atoms in total. The molecule has 2 unspecified atom stereocenters. The third kappa shape index (κ3) is 4.45.